The maximum atomic E-state index is 14.2. The molecule has 15 heteroatoms. The molecule has 2 fully saturated rings. The topological polar surface area (TPSA) is 218 Å². The van der Waals surface area contributed by atoms with Crippen molar-refractivity contribution in [3.8, 4) is 5.75 Å². The van der Waals surface area contributed by atoms with Gasteiger partial charge in [0.05, 0.1) is 13.0 Å². The molecular weight excluding hydrogens is 757 g/mol. The molecular formula is C44H52N6O9. The summed E-state index contributed by atoms with van der Waals surface area (Å²) in [5, 5.41) is 19.8. The second kappa shape index (κ2) is 17.6. The number of fused-ring (bicyclic) bond motifs is 6. The number of nitrogens with two attached hydrogens (primary N) is 1. The summed E-state index contributed by atoms with van der Waals surface area (Å²) in [4.78, 5) is 78.9. The van der Waals surface area contributed by atoms with Gasteiger partial charge >= 0.3 is 5.97 Å². The Labute approximate surface area is 342 Å². The van der Waals surface area contributed by atoms with Gasteiger partial charge in [0.1, 0.15) is 41.6 Å². The highest BCUT2D eigenvalue weighted by molar-refractivity contribution is 5.99. The van der Waals surface area contributed by atoms with E-state index in [2.05, 4.69) is 33.4 Å². The van der Waals surface area contributed by atoms with E-state index in [1.807, 2.05) is 60.7 Å². The number of anilines is 1. The standard InChI is InChI=1S/C44H52N6O9/c1-25(46-38(51)18-19-39(52)53)40(54)47-26(2)43(57)50-20-8-13-35(50)42(56)49-34(21-27-9-4-3-5-10-27)41(55)48-30-15-17-33-37(23-30)59-36-22-29(45)14-16-32(36)44(33)31-12-7-6-11-28(31)24-58-44/h3-7,9-12,15,17,23,25-26,29,32,34-36H,8,13-14,16,18-22,24,45H2,1-2H3,(H,46,51)(H,47,54)(H,48,55)(H,49,56)(H,52,53). The van der Waals surface area contributed by atoms with E-state index in [0.29, 0.717) is 37.3 Å². The van der Waals surface area contributed by atoms with Gasteiger partial charge in [-0.25, -0.2) is 0 Å². The van der Waals surface area contributed by atoms with Crippen LogP contribution in [0.25, 0.3) is 0 Å². The molecule has 8 atom stereocenters. The number of rotatable bonds is 13. The Balaban J connectivity index is 1.06. The van der Waals surface area contributed by atoms with Crippen LogP contribution in [0.2, 0.25) is 0 Å². The maximum Gasteiger partial charge on any atom is 0.303 e. The SMILES string of the molecule is CC(NC(=O)CCC(=O)O)C(=O)NC(C)C(=O)N1CCCC1C(=O)NC(Cc1ccccc1)C(=O)Nc1ccc2c(c1)OC1CC(N)CCC1C21OCc2ccccc21. The van der Waals surface area contributed by atoms with Crippen LogP contribution in [0.4, 0.5) is 5.69 Å². The first-order valence-electron chi connectivity index (χ1n) is 20.4. The number of carboxylic acids is 1. The summed E-state index contributed by atoms with van der Waals surface area (Å²) in [5.41, 5.74) is 10.2. The van der Waals surface area contributed by atoms with E-state index in [1.165, 1.54) is 18.7 Å². The second-order valence-electron chi connectivity index (χ2n) is 16.1. The number of nitrogens with one attached hydrogen (secondary N) is 4. The van der Waals surface area contributed by atoms with Crippen LogP contribution < -0.4 is 31.7 Å². The number of likely N-dealkylation sites (tertiary alicyclic amines) is 1. The van der Waals surface area contributed by atoms with Crippen LogP contribution in [0.15, 0.2) is 72.8 Å². The van der Waals surface area contributed by atoms with Crippen molar-refractivity contribution in [2.45, 2.75) is 114 Å². The lowest BCUT2D eigenvalue weighted by molar-refractivity contribution is -0.142. The zero-order chi connectivity index (χ0) is 41.8. The van der Waals surface area contributed by atoms with Gasteiger partial charge in [-0.2, -0.15) is 0 Å². The monoisotopic (exact) mass is 808 g/mol. The number of hydrogen-bond donors (Lipinski definition) is 6. The third kappa shape index (κ3) is 8.81. The summed E-state index contributed by atoms with van der Waals surface area (Å²) in [6, 6.07) is 19.2. The van der Waals surface area contributed by atoms with E-state index in [4.69, 9.17) is 20.3 Å². The molecule has 1 aliphatic carbocycles. The Hall–Kier alpha value is -5.80. The fraction of sp³-hybridized carbons (Fsp3) is 0.455. The van der Waals surface area contributed by atoms with Crippen LogP contribution in [0.1, 0.15) is 81.0 Å². The van der Waals surface area contributed by atoms with Gasteiger partial charge in [-0.15, -0.1) is 0 Å². The highest BCUT2D eigenvalue weighted by Crippen LogP contribution is 2.57. The van der Waals surface area contributed by atoms with Crippen LogP contribution in [-0.4, -0.2) is 88.4 Å². The van der Waals surface area contributed by atoms with Crippen LogP contribution in [0.3, 0.4) is 0 Å². The molecule has 4 aliphatic rings. The lowest BCUT2D eigenvalue weighted by Gasteiger charge is -2.49. The van der Waals surface area contributed by atoms with Crippen molar-refractivity contribution < 1.29 is 43.3 Å². The molecule has 1 saturated carbocycles. The highest BCUT2D eigenvalue weighted by Gasteiger charge is 2.56. The Morgan fingerprint density at radius 1 is 0.864 bits per heavy atom. The number of carbonyl (C=O) groups is 6. The van der Waals surface area contributed by atoms with Gasteiger partial charge < -0.3 is 46.5 Å². The number of hydrogen-bond acceptors (Lipinski definition) is 9. The molecule has 0 radical (unpaired) electrons. The molecule has 0 aromatic heterocycles. The first-order valence-corrected chi connectivity index (χ1v) is 20.4. The van der Waals surface area contributed by atoms with Crippen LogP contribution in [-0.2, 0) is 52.1 Å². The fourth-order valence-corrected chi connectivity index (χ4v) is 9.04. The van der Waals surface area contributed by atoms with E-state index in [9.17, 15) is 28.8 Å². The Bertz CT molecular complexity index is 2100. The van der Waals surface area contributed by atoms with Crippen molar-refractivity contribution >= 4 is 41.2 Å². The van der Waals surface area contributed by atoms with Crippen molar-refractivity contribution in [2.75, 3.05) is 11.9 Å². The Morgan fingerprint density at radius 2 is 1.63 bits per heavy atom. The minimum atomic E-state index is -1.14. The van der Waals surface area contributed by atoms with E-state index < -0.39 is 65.3 Å². The molecule has 5 amide bonds. The van der Waals surface area contributed by atoms with Gasteiger partial charge in [0.15, 0.2) is 0 Å². The minimum absolute atomic E-state index is 0.00539. The number of amides is 5. The summed E-state index contributed by atoms with van der Waals surface area (Å²) in [6.45, 7) is 3.67. The quantitative estimate of drug-likeness (QED) is 0.148. The summed E-state index contributed by atoms with van der Waals surface area (Å²) in [6.07, 6.45) is 2.62. The molecule has 8 unspecified atom stereocenters. The molecule has 3 heterocycles. The fourth-order valence-electron chi connectivity index (χ4n) is 9.04. The smallest absolute Gasteiger partial charge is 0.303 e. The summed E-state index contributed by atoms with van der Waals surface area (Å²) in [7, 11) is 0. The van der Waals surface area contributed by atoms with Crippen molar-refractivity contribution in [2.24, 2.45) is 11.7 Å². The van der Waals surface area contributed by atoms with Gasteiger partial charge in [0, 0.05) is 48.7 Å². The zero-order valence-corrected chi connectivity index (χ0v) is 33.3. The molecule has 7 N–H and O–H groups in total. The van der Waals surface area contributed by atoms with Crippen LogP contribution in [0.5, 0.6) is 5.75 Å². The molecule has 3 aromatic carbocycles. The number of carbonyl (C=O) groups excluding carboxylic acids is 5. The second-order valence-corrected chi connectivity index (χ2v) is 16.1. The van der Waals surface area contributed by atoms with Crippen molar-refractivity contribution in [1.29, 1.82) is 0 Å². The molecule has 0 bridgehead atoms. The predicted octanol–water partition coefficient (Wildman–Crippen LogP) is 2.88. The summed E-state index contributed by atoms with van der Waals surface area (Å²) < 4.78 is 13.4. The number of aliphatic carboxylic acids is 1. The van der Waals surface area contributed by atoms with E-state index in [-0.39, 0.29) is 43.9 Å². The molecule has 15 nitrogen and oxygen atoms in total. The minimum Gasteiger partial charge on any atom is -0.489 e. The van der Waals surface area contributed by atoms with Gasteiger partial charge in [0.25, 0.3) is 0 Å². The first-order chi connectivity index (χ1) is 28.3. The summed E-state index contributed by atoms with van der Waals surface area (Å²) >= 11 is 0. The van der Waals surface area contributed by atoms with Gasteiger partial charge in [-0.1, -0.05) is 54.6 Å². The van der Waals surface area contributed by atoms with Crippen LogP contribution >= 0.6 is 0 Å². The third-order valence-electron chi connectivity index (χ3n) is 12.0. The molecule has 312 valence electrons. The van der Waals surface area contributed by atoms with Crippen LogP contribution in [0, 0.1) is 5.92 Å². The molecule has 1 spiro atoms. The van der Waals surface area contributed by atoms with E-state index in [0.717, 1.165) is 35.1 Å². The lowest BCUT2D eigenvalue weighted by atomic mass is 9.66. The number of carboxylic acid groups (broad SMARTS) is 1. The average Bonchev–Trinajstić information content (AvgIpc) is 3.86. The normalized spacial score (nSPS) is 24.3. The average molecular weight is 809 g/mol. The van der Waals surface area contributed by atoms with Crippen molar-refractivity contribution in [1.82, 2.24) is 20.9 Å². The molecule has 3 aliphatic heterocycles. The molecule has 7 rings (SSSR count). The Morgan fingerprint density at radius 3 is 2.41 bits per heavy atom. The number of ether oxygens (including phenoxy) is 2. The van der Waals surface area contributed by atoms with Gasteiger partial charge in [0.2, 0.25) is 29.5 Å². The third-order valence-corrected chi connectivity index (χ3v) is 12.0. The zero-order valence-electron chi connectivity index (χ0n) is 33.3. The van der Waals surface area contributed by atoms with E-state index in [1.54, 1.807) is 0 Å². The molecule has 3 aromatic rings. The van der Waals surface area contributed by atoms with Gasteiger partial charge in [-0.05, 0) is 74.8 Å². The largest absolute Gasteiger partial charge is 0.489 e. The number of nitrogens with zero attached hydrogens (tertiary/aromatic N) is 1. The summed E-state index contributed by atoms with van der Waals surface area (Å²) in [5.74, 6) is -3.17. The maximum absolute atomic E-state index is 14.2. The first kappa shape index (κ1) is 41.4. The van der Waals surface area contributed by atoms with E-state index >= 15 is 0 Å². The van der Waals surface area contributed by atoms with Gasteiger partial charge in [-0.3, -0.25) is 28.8 Å². The molecule has 59 heavy (non-hydrogen) atoms. The molecule has 1 saturated heterocycles. The highest BCUT2D eigenvalue weighted by atomic mass is 16.5. The van der Waals surface area contributed by atoms with Crippen molar-refractivity contribution in [3.63, 3.8) is 0 Å². The lowest BCUT2D eigenvalue weighted by Crippen LogP contribution is -2.56. The predicted molar refractivity (Wildman–Crippen MR) is 216 cm³/mol. The van der Waals surface area contributed by atoms with Crippen molar-refractivity contribution in [3.05, 3.63) is 95.1 Å². The number of benzene rings is 3. The Kier molecular flexibility index (Phi) is 12.3.